The van der Waals surface area contributed by atoms with Crippen molar-refractivity contribution < 1.29 is 13.2 Å². The molecule has 0 saturated carbocycles. The molecule has 0 aliphatic carbocycles. The quantitative estimate of drug-likeness (QED) is 0.718. The van der Waals surface area contributed by atoms with E-state index < -0.39 is 16.1 Å². The van der Waals surface area contributed by atoms with Gasteiger partial charge in [-0.3, -0.25) is 4.79 Å². The first-order chi connectivity index (χ1) is 14.9. The van der Waals surface area contributed by atoms with Crippen LogP contribution in [0.4, 0.5) is 5.82 Å². The van der Waals surface area contributed by atoms with Gasteiger partial charge in [0.15, 0.2) is 0 Å². The highest BCUT2D eigenvalue weighted by Crippen LogP contribution is 2.27. The van der Waals surface area contributed by atoms with Gasteiger partial charge < -0.3 is 9.80 Å². The summed E-state index contributed by atoms with van der Waals surface area (Å²) in [6, 6.07) is 9.73. The number of rotatable bonds is 4. The molecule has 2 aliphatic rings. The standard InChI is InChI=1S/C22H29N5O3S/c1-17-16-21(24-18(2)23-17)25-12-14-26(15-13-25)22(28)20-10-6-7-11-27(20)31(29,30)19-8-4-3-5-9-19/h3-5,8-9,16,20H,6-7,10-15H2,1-2H3. The van der Waals surface area contributed by atoms with Gasteiger partial charge >= 0.3 is 0 Å². The molecule has 0 N–H and O–H groups in total. The predicted octanol–water partition coefficient (Wildman–Crippen LogP) is 1.99. The van der Waals surface area contributed by atoms with Crippen LogP contribution in [-0.2, 0) is 14.8 Å². The first kappa shape index (κ1) is 21.7. The van der Waals surface area contributed by atoms with E-state index in [1.165, 1.54) is 4.31 Å². The molecular formula is C22H29N5O3S. The van der Waals surface area contributed by atoms with E-state index in [9.17, 15) is 13.2 Å². The number of amides is 1. The summed E-state index contributed by atoms with van der Waals surface area (Å²) in [6.45, 7) is 6.64. The highest BCUT2D eigenvalue weighted by molar-refractivity contribution is 7.89. The van der Waals surface area contributed by atoms with Gasteiger partial charge in [-0.1, -0.05) is 24.6 Å². The second kappa shape index (κ2) is 8.92. The Labute approximate surface area is 183 Å². The molecule has 9 heteroatoms. The monoisotopic (exact) mass is 443 g/mol. The summed E-state index contributed by atoms with van der Waals surface area (Å²) in [6.07, 6.45) is 2.20. The number of hydrogen-bond acceptors (Lipinski definition) is 6. The molecule has 0 spiro atoms. The number of aryl methyl sites for hydroxylation is 2. The zero-order valence-corrected chi connectivity index (χ0v) is 18.9. The molecule has 1 aromatic carbocycles. The zero-order valence-electron chi connectivity index (χ0n) is 18.1. The summed E-state index contributed by atoms with van der Waals surface area (Å²) >= 11 is 0. The third kappa shape index (κ3) is 4.57. The highest BCUT2D eigenvalue weighted by atomic mass is 32.2. The number of benzene rings is 1. The lowest BCUT2D eigenvalue weighted by atomic mass is 10.0. The molecule has 1 atom stereocenters. The average Bonchev–Trinajstić information content (AvgIpc) is 2.78. The van der Waals surface area contributed by atoms with Crippen LogP contribution in [0.1, 0.15) is 30.8 Å². The third-order valence-electron chi connectivity index (χ3n) is 5.96. The van der Waals surface area contributed by atoms with Crippen molar-refractivity contribution in [2.24, 2.45) is 0 Å². The van der Waals surface area contributed by atoms with Crippen LogP contribution in [0.15, 0.2) is 41.3 Å². The number of piperazine rings is 1. The molecule has 31 heavy (non-hydrogen) atoms. The van der Waals surface area contributed by atoms with Gasteiger partial charge in [0.25, 0.3) is 0 Å². The summed E-state index contributed by atoms with van der Waals surface area (Å²) in [4.78, 5) is 26.4. The fourth-order valence-corrected chi connectivity index (χ4v) is 6.07. The normalized spacial score (nSPS) is 20.6. The van der Waals surface area contributed by atoms with E-state index >= 15 is 0 Å². The van der Waals surface area contributed by atoms with Crippen molar-refractivity contribution in [1.82, 2.24) is 19.2 Å². The highest BCUT2D eigenvalue weighted by Gasteiger charge is 2.40. The fraction of sp³-hybridized carbons (Fsp3) is 0.500. The van der Waals surface area contributed by atoms with Crippen LogP contribution in [0.3, 0.4) is 0 Å². The second-order valence-corrected chi connectivity index (χ2v) is 10.1. The maximum Gasteiger partial charge on any atom is 0.243 e. The topological polar surface area (TPSA) is 86.7 Å². The molecule has 1 amide bonds. The van der Waals surface area contributed by atoms with Crippen LogP contribution in [0.5, 0.6) is 0 Å². The van der Waals surface area contributed by atoms with Gasteiger partial charge in [0.2, 0.25) is 15.9 Å². The summed E-state index contributed by atoms with van der Waals surface area (Å²) < 4.78 is 27.9. The molecule has 0 radical (unpaired) electrons. The lowest BCUT2D eigenvalue weighted by molar-refractivity contribution is -0.136. The van der Waals surface area contributed by atoms with E-state index in [1.807, 2.05) is 19.9 Å². The van der Waals surface area contributed by atoms with Gasteiger partial charge in [-0.05, 0) is 38.8 Å². The van der Waals surface area contributed by atoms with Gasteiger partial charge in [0.05, 0.1) is 4.90 Å². The number of nitrogens with zero attached hydrogens (tertiary/aromatic N) is 5. The maximum absolute atomic E-state index is 13.4. The molecule has 2 fully saturated rings. The van der Waals surface area contributed by atoms with Gasteiger partial charge in [-0.25, -0.2) is 18.4 Å². The number of anilines is 1. The minimum absolute atomic E-state index is 0.0890. The van der Waals surface area contributed by atoms with E-state index in [1.54, 1.807) is 35.2 Å². The summed E-state index contributed by atoms with van der Waals surface area (Å²) in [7, 11) is -3.70. The molecule has 2 saturated heterocycles. The Bertz CT molecular complexity index is 1020. The Morgan fingerprint density at radius 3 is 2.35 bits per heavy atom. The van der Waals surface area contributed by atoms with Crippen LogP contribution in [0.25, 0.3) is 0 Å². The van der Waals surface area contributed by atoms with E-state index in [0.717, 1.165) is 30.2 Å². The Morgan fingerprint density at radius 2 is 1.68 bits per heavy atom. The van der Waals surface area contributed by atoms with Gasteiger partial charge in [0.1, 0.15) is 17.7 Å². The zero-order chi connectivity index (χ0) is 22.0. The predicted molar refractivity (Wildman–Crippen MR) is 118 cm³/mol. The third-order valence-corrected chi connectivity index (χ3v) is 7.88. The minimum atomic E-state index is -3.70. The van der Waals surface area contributed by atoms with Crippen LogP contribution in [0, 0.1) is 13.8 Å². The number of carbonyl (C=O) groups is 1. The van der Waals surface area contributed by atoms with Crippen molar-refractivity contribution in [2.75, 3.05) is 37.6 Å². The van der Waals surface area contributed by atoms with Crippen molar-refractivity contribution in [1.29, 1.82) is 0 Å². The van der Waals surface area contributed by atoms with Crippen LogP contribution >= 0.6 is 0 Å². The van der Waals surface area contributed by atoms with E-state index in [2.05, 4.69) is 14.9 Å². The molecular weight excluding hydrogens is 414 g/mol. The van der Waals surface area contributed by atoms with Crippen molar-refractivity contribution in [3.63, 3.8) is 0 Å². The van der Waals surface area contributed by atoms with Gasteiger partial charge in [0, 0.05) is 44.5 Å². The molecule has 1 aromatic heterocycles. The summed E-state index contributed by atoms with van der Waals surface area (Å²) in [5.74, 6) is 1.52. The Hall–Kier alpha value is -2.52. The van der Waals surface area contributed by atoms with Gasteiger partial charge in [-0.2, -0.15) is 4.31 Å². The molecule has 8 nitrogen and oxygen atoms in total. The van der Waals surface area contributed by atoms with Crippen LogP contribution in [0.2, 0.25) is 0 Å². The molecule has 4 rings (SSSR count). The maximum atomic E-state index is 13.4. The first-order valence-corrected chi connectivity index (χ1v) is 12.2. The van der Waals surface area contributed by atoms with Crippen molar-refractivity contribution in [3.8, 4) is 0 Å². The molecule has 1 unspecified atom stereocenters. The molecule has 166 valence electrons. The van der Waals surface area contributed by atoms with E-state index in [4.69, 9.17) is 0 Å². The van der Waals surface area contributed by atoms with Crippen molar-refractivity contribution in [2.45, 2.75) is 44.0 Å². The van der Waals surface area contributed by atoms with Gasteiger partial charge in [-0.15, -0.1) is 0 Å². The van der Waals surface area contributed by atoms with Crippen LogP contribution < -0.4 is 4.90 Å². The van der Waals surface area contributed by atoms with E-state index in [0.29, 0.717) is 39.1 Å². The van der Waals surface area contributed by atoms with Crippen molar-refractivity contribution in [3.05, 3.63) is 47.9 Å². The average molecular weight is 444 g/mol. The van der Waals surface area contributed by atoms with E-state index in [-0.39, 0.29) is 10.8 Å². The second-order valence-electron chi connectivity index (χ2n) is 8.17. The summed E-state index contributed by atoms with van der Waals surface area (Å²) in [5, 5.41) is 0. The molecule has 0 bridgehead atoms. The lowest BCUT2D eigenvalue weighted by Gasteiger charge is -2.40. The Kier molecular flexibility index (Phi) is 6.24. The SMILES string of the molecule is Cc1cc(N2CCN(C(=O)C3CCCCN3S(=O)(=O)c3ccccc3)CC2)nc(C)n1. The number of carbonyl (C=O) groups excluding carboxylic acids is 1. The Morgan fingerprint density at radius 1 is 0.968 bits per heavy atom. The fourth-order valence-electron chi connectivity index (χ4n) is 4.39. The minimum Gasteiger partial charge on any atom is -0.353 e. The molecule has 2 aromatic rings. The lowest BCUT2D eigenvalue weighted by Crippen LogP contribution is -2.57. The number of aromatic nitrogens is 2. The van der Waals surface area contributed by atoms with Crippen molar-refractivity contribution >= 4 is 21.7 Å². The summed E-state index contributed by atoms with van der Waals surface area (Å²) in [5.41, 5.74) is 0.921. The number of piperidine rings is 1. The first-order valence-electron chi connectivity index (χ1n) is 10.8. The number of hydrogen-bond donors (Lipinski definition) is 0. The molecule has 3 heterocycles. The smallest absolute Gasteiger partial charge is 0.243 e. The molecule has 2 aliphatic heterocycles. The largest absolute Gasteiger partial charge is 0.353 e. The Balaban J connectivity index is 1.47. The number of sulfonamides is 1. The van der Waals surface area contributed by atoms with Crippen LogP contribution in [-0.4, -0.2) is 72.3 Å².